The Morgan fingerprint density at radius 1 is 1.37 bits per heavy atom. The van der Waals surface area contributed by atoms with Gasteiger partial charge in [0.15, 0.2) is 0 Å². The van der Waals surface area contributed by atoms with Crippen LogP contribution in [-0.4, -0.2) is 22.9 Å². The largest absolute Gasteiger partial charge is 0.316 e. The van der Waals surface area contributed by atoms with Crippen molar-refractivity contribution >= 4 is 0 Å². The van der Waals surface area contributed by atoms with E-state index in [0.29, 0.717) is 5.92 Å². The average Bonchev–Trinajstić information content (AvgIpc) is 2.82. The third-order valence-corrected chi connectivity index (χ3v) is 4.00. The lowest BCUT2D eigenvalue weighted by atomic mass is 9.91. The molecule has 0 spiro atoms. The Hall–Kier alpha value is -1.61. The predicted molar refractivity (Wildman–Crippen MR) is 78.2 cm³/mol. The maximum atomic E-state index is 4.49. The number of aryl methyl sites for hydroxylation is 2. The maximum absolute atomic E-state index is 4.49. The van der Waals surface area contributed by atoms with Crippen molar-refractivity contribution in [1.82, 2.24) is 15.1 Å². The smallest absolute Gasteiger partial charge is 0.0571 e. The summed E-state index contributed by atoms with van der Waals surface area (Å²) in [5.74, 6) is 0.580. The highest BCUT2D eigenvalue weighted by molar-refractivity contribution is 5.66. The Morgan fingerprint density at radius 2 is 2.26 bits per heavy atom. The highest BCUT2D eigenvalue weighted by Crippen LogP contribution is 2.32. The van der Waals surface area contributed by atoms with Gasteiger partial charge in [-0.1, -0.05) is 29.8 Å². The molecule has 1 atom stereocenters. The lowest BCUT2D eigenvalue weighted by Crippen LogP contribution is -2.29. The van der Waals surface area contributed by atoms with E-state index in [4.69, 9.17) is 0 Å². The number of piperidine rings is 1. The molecule has 1 unspecified atom stereocenters. The van der Waals surface area contributed by atoms with Gasteiger partial charge in [0.1, 0.15) is 0 Å². The van der Waals surface area contributed by atoms with Crippen LogP contribution in [0.15, 0.2) is 30.5 Å². The van der Waals surface area contributed by atoms with Crippen LogP contribution in [0.4, 0.5) is 0 Å². The molecule has 1 aromatic heterocycles. The number of nitrogens with one attached hydrogen (secondary N) is 1. The fourth-order valence-corrected chi connectivity index (χ4v) is 3.05. The van der Waals surface area contributed by atoms with Crippen molar-refractivity contribution in [3.8, 4) is 11.1 Å². The molecule has 1 aromatic carbocycles. The molecule has 3 nitrogen and oxygen atoms in total. The van der Waals surface area contributed by atoms with Crippen molar-refractivity contribution in [1.29, 1.82) is 0 Å². The number of nitrogens with zero attached hydrogens (tertiary/aromatic N) is 2. The van der Waals surface area contributed by atoms with Gasteiger partial charge >= 0.3 is 0 Å². The van der Waals surface area contributed by atoms with E-state index in [-0.39, 0.29) is 0 Å². The van der Waals surface area contributed by atoms with Crippen LogP contribution in [0.1, 0.15) is 30.0 Å². The summed E-state index contributed by atoms with van der Waals surface area (Å²) < 4.78 is 2.05. The first kappa shape index (κ1) is 12.4. The van der Waals surface area contributed by atoms with Crippen molar-refractivity contribution in [2.24, 2.45) is 7.05 Å². The minimum atomic E-state index is 0.580. The standard InChI is InChI=1S/C16H21N3/c1-12-5-3-6-13(9-12)15-11-18-19(2)16(15)14-7-4-8-17-10-14/h3,5-6,9,11,14,17H,4,7-8,10H2,1-2H3. The van der Waals surface area contributed by atoms with Crippen LogP contribution in [-0.2, 0) is 7.05 Å². The SMILES string of the molecule is Cc1cccc(-c2cnn(C)c2C2CCCNC2)c1. The topological polar surface area (TPSA) is 29.9 Å². The molecular formula is C16H21N3. The van der Waals surface area contributed by atoms with Crippen LogP contribution in [0.2, 0.25) is 0 Å². The minimum Gasteiger partial charge on any atom is -0.316 e. The zero-order valence-corrected chi connectivity index (χ0v) is 11.7. The van der Waals surface area contributed by atoms with Gasteiger partial charge in [0.25, 0.3) is 0 Å². The molecule has 1 aliphatic rings. The summed E-state index contributed by atoms with van der Waals surface area (Å²) >= 11 is 0. The molecule has 0 radical (unpaired) electrons. The number of aromatic nitrogens is 2. The van der Waals surface area contributed by atoms with E-state index in [0.717, 1.165) is 13.1 Å². The normalized spacial score (nSPS) is 19.6. The quantitative estimate of drug-likeness (QED) is 0.894. The van der Waals surface area contributed by atoms with Crippen LogP contribution in [0.3, 0.4) is 0 Å². The van der Waals surface area contributed by atoms with Crippen molar-refractivity contribution in [2.45, 2.75) is 25.7 Å². The fraction of sp³-hybridized carbons (Fsp3) is 0.438. The predicted octanol–water partition coefficient (Wildman–Crippen LogP) is 2.86. The summed E-state index contributed by atoms with van der Waals surface area (Å²) in [4.78, 5) is 0. The van der Waals surface area contributed by atoms with Crippen LogP contribution in [0.25, 0.3) is 11.1 Å². The zero-order chi connectivity index (χ0) is 13.2. The van der Waals surface area contributed by atoms with Gasteiger partial charge in [-0.05, 0) is 31.9 Å². The molecule has 1 saturated heterocycles. The zero-order valence-electron chi connectivity index (χ0n) is 11.7. The van der Waals surface area contributed by atoms with Crippen molar-refractivity contribution < 1.29 is 0 Å². The van der Waals surface area contributed by atoms with Gasteiger partial charge in [-0.15, -0.1) is 0 Å². The van der Waals surface area contributed by atoms with Gasteiger partial charge in [0.2, 0.25) is 0 Å². The molecule has 1 aliphatic heterocycles. The van der Waals surface area contributed by atoms with Crippen molar-refractivity contribution in [3.63, 3.8) is 0 Å². The summed E-state index contributed by atoms with van der Waals surface area (Å²) in [6.45, 7) is 4.36. The molecule has 1 N–H and O–H groups in total. The summed E-state index contributed by atoms with van der Waals surface area (Å²) in [6, 6.07) is 8.70. The Morgan fingerprint density at radius 3 is 3.00 bits per heavy atom. The summed E-state index contributed by atoms with van der Waals surface area (Å²) in [5, 5.41) is 7.99. The number of hydrogen-bond acceptors (Lipinski definition) is 2. The van der Waals surface area contributed by atoms with Gasteiger partial charge in [0, 0.05) is 25.1 Å². The Bertz CT molecular complexity index is 565. The van der Waals surface area contributed by atoms with E-state index in [9.17, 15) is 0 Å². The van der Waals surface area contributed by atoms with Crippen molar-refractivity contribution in [3.05, 3.63) is 41.7 Å². The molecule has 19 heavy (non-hydrogen) atoms. The Balaban J connectivity index is 2.02. The Labute approximate surface area is 114 Å². The minimum absolute atomic E-state index is 0.580. The van der Waals surface area contributed by atoms with E-state index in [1.165, 1.54) is 35.2 Å². The molecular weight excluding hydrogens is 234 g/mol. The second-order valence-corrected chi connectivity index (χ2v) is 5.48. The fourth-order valence-electron chi connectivity index (χ4n) is 3.05. The van der Waals surface area contributed by atoms with Gasteiger partial charge in [-0.2, -0.15) is 5.10 Å². The van der Waals surface area contributed by atoms with Gasteiger partial charge < -0.3 is 5.32 Å². The molecule has 0 bridgehead atoms. The number of rotatable bonds is 2. The van der Waals surface area contributed by atoms with Gasteiger partial charge in [-0.25, -0.2) is 0 Å². The van der Waals surface area contributed by atoms with E-state index in [1.54, 1.807) is 0 Å². The summed E-state index contributed by atoms with van der Waals surface area (Å²) in [6.07, 6.45) is 4.52. The van der Waals surface area contributed by atoms with Gasteiger partial charge in [-0.3, -0.25) is 4.68 Å². The highest BCUT2D eigenvalue weighted by atomic mass is 15.3. The summed E-state index contributed by atoms with van der Waals surface area (Å²) in [5.41, 5.74) is 5.25. The molecule has 2 aromatic rings. The first-order valence-corrected chi connectivity index (χ1v) is 7.05. The number of benzene rings is 1. The van der Waals surface area contributed by atoms with Crippen LogP contribution in [0, 0.1) is 6.92 Å². The lowest BCUT2D eigenvalue weighted by Gasteiger charge is -2.24. The second kappa shape index (κ2) is 5.17. The lowest BCUT2D eigenvalue weighted by molar-refractivity contribution is 0.442. The Kier molecular flexibility index (Phi) is 3.38. The monoisotopic (exact) mass is 255 g/mol. The highest BCUT2D eigenvalue weighted by Gasteiger charge is 2.22. The molecule has 3 rings (SSSR count). The van der Waals surface area contributed by atoms with Crippen molar-refractivity contribution in [2.75, 3.05) is 13.1 Å². The maximum Gasteiger partial charge on any atom is 0.0571 e. The molecule has 100 valence electrons. The first-order chi connectivity index (χ1) is 9.25. The van der Waals surface area contributed by atoms with E-state index in [2.05, 4.69) is 53.3 Å². The molecule has 0 aliphatic carbocycles. The molecule has 2 heterocycles. The van der Waals surface area contributed by atoms with Crippen LogP contribution >= 0.6 is 0 Å². The van der Waals surface area contributed by atoms with E-state index < -0.39 is 0 Å². The van der Waals surface area contributed by atoms with Crippen LogP contribution in [0.5, 0.6) is 0 Å². The third-order valence-electron chi connectivity index (χ3n) is 4.00. The second-order valence-electron chi connectivity index (χ2n) is 5.48. The third kappa shape index (κ3) is 2.43. The van der Waals surface area contributed by atoms with E-state index in [1.807, 2.05) is 6.20 Å². The molecule has 1 fully saturated rings. The number of hydrogen-bond donors (Lipinski definition) is 1. The molecule has 0 saturated carbocycles. The molecule has 3 heteroatoms. The van der Waals surface area contributed by atoms with Gasteiger partial charge in [0.05, 0.1) is 11.9 Å². The molecule has 0 amide bonds. The van der Waals surface area contributed by atoms with E-state index >= 15 is 0 Å². The van der Waals surface area contributed by atoms with Crippen LogP contribution < -0.4 is 5.32 Å². The summed E-state index contributed by atoms with van der Waals surface area (Å²) in [7, 11) is 2.06. The first-order valence-electron chi connectivity index (χ1n) is 7.05. The average molecular weight is 255 g/mol.